The normalized spacial score (nSPS) is 30.3. The molecule has 0 amide bonds. The molecule has 11 heavy (non-hydrogen) atoms. The molecule has 0 aromatic carbocycles. The van der Waals surface area contributed by atoms with Gasteiger partial charge in [0.05, 0.1) is 11.9 Å². The molecule has 1 rings (SSSR count). The van der Waals surface area contributed by atoms with Gasteiger partial charge in [-0.25, -0.2) is 0 Å². The summed E-state index contributed by atoms with van der Waals surface area (Å²) >= 11 is 0. The third-order valence-electron chi connectivity index (χ3n) is 2.05. The van der Waals surface area contributed by atoms with Gasteiger partial charge in [0, 0.05) is 13.0 Å². The van der Waals surface area contributed by atoms with E-state index in [1.54, 1.807) is 7.11 Å². The molecule has 1 N–H and O–H groups in total. The Morgan fingerprint density at radius 2 is 2.27 bits per heavy atom. The van der Waals surface area contributed by atoms with Gasteiger partial charge in [-0.3, -0.25) is 0 Å². The van der Waals surface area contributed by atoms with Crippen molar-refractivity contribution in [2.45, 2.75) is 18.9 Å². The van der Waals surface area contributed by atoms with E-state index in [0.29, 0.717) is 0 Å². The van der Waals surface area contributed by atoms with Crippen LogP contribution in [0.25, 0.3) is 0 Å². The number of aliphatic hydroxyl groups is 1. The fourth-order valence-corrected chi connectivity index (χ4v) is 1.27. The third kappa shape index (κ3) is 2.09. The maximum absolute atomic E-state index is 9.05. The molecule has 0 heterocycles. The Bertz CT molecular complexity index is 172. The highest BCUT2D eigenvalue weighted by Gasteiger charge is 2.16. The van der Waals surface area contributed by atoms with Gasteiger partial charge < -0.3 is 9.84 Å². The quantitative estimate of drug-likeness (QED) is 0.487. The smallest absolute Gasteiger partial charge is 0.0919 e. The van der Waals surface area contributed by atoms with Gasteiger partial charge in [0.2, 0.25) is 0 Å². The first-order valence-corrected chi connectivity index (χ1v) is 3.83. The summed E-state index contributed by atoms with van der Waals surface area (Å²) in [7, 11) is 1.70. The van der Waals surface area contributed by atoms with Gasteiger partial charge >= 0.3 is 0 Å². The van der Waals surface area contributed by atoms with Crippen molar-refractivity contribution in [2.75, 3.05) is 7.11 Å². The van der Waals surface area contributed by atoms with Crippen LogP contribution in [0.1, 0.15) is 12.8 Å². The molecule has 1 aliphatic carbocycles. The lowest BCUT2D eigenvalue weighted by atomic mass is 9.93. The van der Waals surface area contributed by atoms with Crippen molar-refractivity contribution in [1.29, 1.82) is 0 Å². The predicted octanol–water partition coefficient (Wildman–Crippen LogP) is 2.04. The van der Waals surface area contributed by atoms with E-state index in [4.69, 9.17) is 9.84 Å². The van der Waals surface area contributed by atoms with E-state index in [2.05, 4.69) is 6.58 Å². The number of aliphatic hydroxyl groups excluding tert-OH is 1. The molecule has 0 aromatic rings. The third-order valence-corrected chi connectivity index (χ3v) is 2.05. The second kappa shape index (κ2) is 3.58. The van der Waals surface area contributed by atoms with E-state index in [-0.39, 0.29) is 17.8 Å². The molecular formula is C9H14O2. The molecule has 2 heteroatoms. The molecule has 2 unspecified atom stereocenters. The molecule has 0 fully saturated rings. The van der Waals surface area contributed by atoms with Crippen LogP contribution in [0.5, 0.6) is 0 Å². The van der Waals surface area contributed by atoms with Crippen LogP contribution in [0.15, 0.2) is 24.5 Å². The highest BCUT2D eigenvalue weighted by atomic mass is 16.5. The number of ether oxygens (including phenoxy) is 1. The maximum Gasteiger partial charge on any atom is 0.0919 e. The molecule has 0 radical (unpaired) electrons. The Balaban J connectivity index is 2.49. The fourth-order valence-electron chi connectivity index (χ4n) is 1.27. The SMILES string of the molecule is C=C(O)C1C=CC(OC)CC1. The van der Waals surface area contributed by atoms with Crippen molar-refractivity contribution in [3.05, 3.63) is 24.5 Å². The van der Waals surface area contributed by atoms with Gasteiger partial charge in [-0.05, 0) is 12.8 Å². The van der Waals surface area contributed by atoms with Crippen molar-refractivity contribution >= 4 is 0 Å². The second-order valence-electron chi connectivity index (χ2n) is 2.83. The Hall–Kier alpha value is -0.760. The van der Waals surface area contributed by atoms with Crippen molar-refractivity contribution in [2.24, 2.45) is 5.92 Å². The molecule has 0 spiro atoms. The molecule has 0 aromatic heterocycles. The van der Waals surface area contributed by atoms with Crippen molar-refractivity contribution in [1.82, 2.24) is 0 Å². The molecule has 0 aliphatic heterocycles. The molecule has 0 saturated carbocycles. The summed E-state index contributed by atoms with van der Waals surface area (Å²) in [6, 6.07) is 0. The highest BCUT2D eigenvalue weighted by molar-refractivity contribution is 5.08. The van der Waals surface area contributed by atoms with Crippen LogP contribution in [-0.2, 0) is 4.74 Å². The Kier molecular flexibility index (Phi) is 2.71. The van der Waals surface area contributed by atoms with Gasteiger partial charge in [0.1, 0.15) is 0 Å². The van der Waals surface area contributed by atoms with Gasteiger partial charge in [0.15, 0.2) is 0 Å². The molecule has 62 valence electrons. The molecular weight excluding hydrogens is 140 g/mol. The molecule has 2 nitrogen and oxygen atoms in total. The van der Waals surface area contributed by atoms with Crippen LogP contribution in [-0.4, -0.2) is 18.3 Å². The van der Waals surface area contributed by atoms with E-state index < -0.39 is 0 Å². The first-order valence-electron chi connectivity index (χ1n) is 3.83. The fraction of sp³-hybridized carbons (Fsp3) is 0.556. The monoisotopic (exact) mass is 154 g/mol. The molecule has 2 atom stereocenters. The topological polar surface area (TPSA) is 29.5 Å². The zero-order chi connectivity index (χ0) is 8.27. The lowest BCUT2D eigenvalue weighted by molar-refractivity contribution is 0.121. The largest absolute Gasteiger partial charge is 0.512 e. The lowest BCUT2D eigenvalue weighted by Gasteiger charge is -2.20. The van der Waals surface area contributed by atoms with Gasteiger partial charge in [-0.15, -0.1) is 0 Å². The van der Waals surface area contributed by atoms with Crippen LogP contribution in [0.2, 0.25) is 0 Å². The zero-order valence-electron chi connectivity index (χ0n) is 6.79. The van der Waals surface area contributed by atoms with Crippen LogP contribution in [0.3, 0.4) is 0 Å². The number of hydrogen-bond donors (Lipinski definition) is 1. The Morgan fingerprint density at radius 3 is 2.64 bits per heavy atom. The second-order valence-corrected chi connectivity index (χ2v) is 2.83. The van der Waals surface area contributed by atoms with Crippen LogP contribution in [0.4, 0.5) is 0 Å². The van der Waals surface area contributed by atoms with Gasteiger partial charge in [-0.2, -0.15) is 0 Å². The summed E-state index contributed by atoms with van der Waals surface area (Å²) in [4.78, 5) is 0. The minimum atomic E-state index is 0.140. The summed E-state index contributed by atoms with van der Waals surface area (Å²) in [6.07, 6.45) is 6.07. The summed E-state index contributed by atoms with van der Waals surface area (Å²) in [5.74, 6) is 0.400. The average Bonchev–Trinajstić information content (AvgIpc) is 2.05. The van der Waals surface area contributed by atoms with Gasteiger partial charge in [-0.1, -0.05) is 18.7 Å². The zero-order valence-corrected chi connectivity index (χ0v) is 6.79. The standard InChI is InChI=1S/C9H14O2/c1-7(10)8-3-5-9(11-2)6-4-8/h3,5,8-10H,1,4,6H2,2H3. The van der Waals surface area contributed by atoms with Crippen molar-refractivity contribution in [3.8, 4) is 0 Å². The summed E-state index contributed by atoms with van der Waals surface area (Å²) in [5.41, 5.74) is 0. The van der Waals surface area contributed by atoms with E-state index in [1.165, 1.54) is 0 Å². The Morgan fingerprint density at radius 1 is 1.55 bits per heavy atom. The highest BCUT2D eigenvalue weighted by Crippen LogP contribution is 2.22. The van der Waals surface area contributed by atoms with Crippen LogP contribution in [0, 0.1) is 5.92 Å². The summed E-state index contributed by atoms with van der Waals surface area (Å²) in [6.45, 7) is 3.49. The summed E-state index contributed by atoms with van der Waals surface area (Å²) in [5, 5.41) is 9.05. The summed E-state index contributed by atoms with van der Waals surface area (Å²) < 4.78 is 5.12. The first-order chi connectivity index (χ1) is 5.24. The first kappa shape index (κ1) is 8.34. The van der Waals surface area contributed by atoms with E-state index in [0.717, 1.165) is 12.8 Å². The molecule has 0 saturated heterocycles. The van der Waals surface area contributed by atoms with Crippen molar-refractivity contribution < 1.29 is 9.84 Å². The minimum Gasteiger partial charge on any atom is -0.512 e. The number of allylic oxidation sites excluding steroid dienone is 1. The van der Waals surface area contributed by atoms with Crippen molar-refractivity contribution in [3.63, 3.8) is 0 Å². The van der Waals surface area contributed by atoms with Crippen LogP contribution >= 0.6 is 0 Å². The lowest BCUT2D eigenvalue weighted by Crippen LogP contribution is -2.15. The number of methoxy groups -OCH3 is 1. The predicted molar refractivity (Wildman–Crippen MR) is 44.4 cm³/mol. The van der Waals surface area contributed by atoms with E-state index >= 15 is 0 Å². The number of hydrogen-bond acceptors (Lipinski definition) is 2. The van der Waals surface area contributed by atoms with E-state index in [1.807, 2.05) is 12.2 Å². The average molecular weight is 154 g/mol. The Labute approximate surface area is 67.2 Å². The maximum atomic E-state index is 9.05. The molecule has 1 aliphatic rings. The molecule has 0 bridgehead atoms. The van der Waals surface area contributed by atoms with Crippen LogP contribution < -0.4 is 0 Å². The minimum absolute atomic E-state index is 0.140. The van der Waals surface area contributed by atoms with E-state index in [9.17, 15) is 0 Å². The number of rotatable bonds is 2. The van der Waals surface area contributed by atoms with Gasteiger partial charge in [0.25, 0.3) is 0 Å².